The van der Waals surface area contributed by atoms with Crippen molar-refractivity contribution in [1.82, 2.24) is 10.6 Å². The van der Waals surface area contributed by atoms with Gasteiger partial charge in [0.15, 0.2) is 5.96 Å². The van der Waals surface area contributed by atoms with Crippen LogP contribution in [-0.2, 0) is 0 Å². The molecule has 1 aliphatic carbocycles. The summed E-state index contributed by atoms with van der Waals surface area (Å²) < 4.78 is 0. The lowest BCUT2D eigenvalue weighted by Gasteiger charge is -2.23. The summed E-state index contributed by atoms with van der Waals surface area (Å²) in [4.78, 5) is 4.47. The summed E-state index contributed by atoms with van der Waals surface area (Å²) in [6.07, 6.45) is 4.16. The number of rotatable bonds is 7. The molecule has 0 aromatic rings. The Morgan fingerprint density at radius 3 is 2.28 bits per heavy atom. The van der Waals surface area contributed by atoms with Crippen molar-refractivity contribution in [2.45, 2.75) is 52.1 Å². The van der Waals surface area contributed by atoms with Crippen LogP contribution in [0.2, 0.25) is 0 Å². The molecule has 3 N–H and O–H groups in total. The highest BCUT2D eigenvalue weighted by molar-refractivity contribution is 14.0. The van der Waals surface area contributed by atoms with E-state index in [1.54, 1.807) is 0 Å². The van der Waals surface area contributed by atoms with Gasteiger partial charge in [0.25, 0.3) is 0 Å². The molecule has 0 spiro atoms. The van der Waals surface area contributed by atoms with Gasteiger partial charge < -0.3 is 15.7 Å². The lowest BCUT2D eigenvalue weighted by atomic mass is 9.98. The minimum absolute atomic E-state index is 0. The Kier molecular flexibility index (Phi) is 8.94. The first-order chi connectivity index (χ1) is 8.13. The molecule has 18 heavy (non-hydrogen) atoms. The Morgan fingerprint density at radius 1 is 1.22 bits per heavy atom. The van der Waals surface area contributed by atoms with Gasteiger partial charge in [-0.15, -0.1) is 24.0 Å². The number of hydrogen-bond donors (Lipinski definition) is 3. The van der Waals surface area contributed by atoms with Crippen LogP contribution in [-0.4, -0.2) is 36.3 Å². The molecule has 1 rings (SSSR count). The Labute approximate surface area is 128 Å². The van der Waals surface area contributed by atoms with Crippen molar-refractivity contribution in [2.75, 3.05) is 19.6 Å². The lowest BCUT2D eigenvalue weighted by molar-refractivity contribution is 0.0418. The summed E-state index contributed by atoms with van der Waals surface area (Å²) in [5.41, 5.74) is -0.651. The maximum Gasteiger partial charge on any atom is 0.191 e. The molecule has 0 aliphatic heterocycles. The minimum atomic E-state index is -0.651. The van der Waals surface area contributed by atoms with Gasteiger partial charge in [-0.1, -0.05) is 13.8 Å². The van der Waals surface area contributed by atoms with E-state index >= 15 is 0 Å². The van der Waals surface area contributed by atoms with Gasteiger partial charge in [0, 0.05) is 13.1 Å². The van der Waals surface area contributed by atoms with Gasteiger partial charge >= 0.3 is 0 Å². The first kappa shape index (κ1) is 18.0. The smallest absolute Gasteiger partial charge is 0.191 e. The SMILES string of the molecule is CCNC(=NCC(O)(CC)CC)NCC1CC1.I. The molecule has 4 nitrogen and oxygen atoms in total. The second-order valence-corrected chi connectivity index (χ2v) is 4.95. The van der Waals surface area contributed by atoms with E-state index in [4.69, 9.17) is 0 Å². The Morgan fingerprint density at radius 2 is 1.83 bits per heavy atom. The summed E-state index contributed by atoms with van der Waals surface area (Å²) in [5.74, 6) is 1.66. The van der Waals surface area contributed by atoms with Crippen molar-refractivity contribution in [3.05, 3.63) is 0 Å². The van der Waals surface area contributed by atoms with E-state index in [0.29, 0.717) is 6.54 Å². The van der Waals surface area contributed by atoms with Crippen LogP contribution < -0.4 is 10.6 Å². The van der Waals surface area contributed by atoms with Gasteiger partial charge in [0.1, 0.15) is 0 Å². The average molecular weight is 369 g/mol. The zero-order valence-corrected chi connectivity index (χ0v) is 14.2. The third-order valence-corrected chi connectivity index (χ3v) is 3.45. The number of halogens is 1. The predicted molar refractivity (Wildman–Crippen MR) is 87.7 cm³/mol. The third-order valence-electron chi connectivity index (χ3n) is 3.45. The highest BCUT2D eigenvalue weighted by Crippen LogP contribution is 2.27. The number of aliphatic hydroxyl groups is 1. The summed E-state index contributed by atoms with van der Waals surface area (Å²) >= 11 is 0. The van der Waals surface area contributed by atoms with E-state index in [9.17, 15) is 5.11 Å². The van der Waals surface area contributed by atoms with Crippen LogP contribution in [0.4, 0.5) is 0 Å². The average Bonchev–Trinajstić information content (AvgIpc) is 3.16. The molecule has 0 heterocycles. The van der Waals surface area contributed by atoms with E-state index in [1.807, 2.05) is 13.8 Å². The van der Waals surface area contributed by atoms with Crippen molar-refractivity contribution in [2.24, 2.45) is 10.9 Å². The van der Waals surface area contributed by atoms with Gasteiger partial charge in [0.2, 0.25) is 0 Å². The topological polar surface area (TPSA) is 56.7 Å². The minimum Gasteiger partial charge on any atom is -0.388 e. The molecule has 0 bridgehead atoms. The molecule has 0 radical (unpaired) electrons. The summed E-state index contributed by atoms with van der Waals surface area (Å²) in [6.45, 7) is 8.39. The maximum atomic E-state index is 10.2. The van der Waals surface area contributed by atoms with Crippen molar-refractivity contribution >= 4 is 29.9 Å². The van der Waals surface area contributed by atoms with Crippen molar-refractivity contribution < 1.29 is 5.11 Å². The van der Waals surface area contributed by atoms with E-state index < -0.39 is 5.60 Å². The number of nitrogens with zero attached hydrogens (tertiary/aromatic N) is 1. The second kappa shape index (κ2) is 8.96. The van der Waals surface area contributed by atoms with E-state index in [0.717, 1.165) is 37.8 Å². The standard InChI is InChI=1S/C13H27N3O.HI/c1-4-13(17,5-2)10-16-12(14-6-3)15-9-11-7-8-11;/h11,17H,4-10H2,1-3H3,(H2,14,15,16);1H. The molecule has 0 saturated heterocycles. The van der Waals surface area contributed by atoms with Crippen LogP contribution >= 0.6 is 24.0 Å². The first-order valence-electron chi connectivity index (χ1n) is 6.88. The van der Waals surface area contributed by atoms with Gasteiger partial charge in [-0.2, -0.15) is 0 Å². The van der Waals surface area contributed by atoms with Crippen molar-refractivity contribution in [1.29, 1.82) is 0 Å². The van der Waals surface area contributed by atoms with Crippen LogP contribution in [0.25, 0.3) is 0 Å². The molecule has 0 aromatic heterocycles. The van der Waals surface area contributed by atoms with Crippen LogP contribution in [0.1, 0.15) is 46.5 Å². The molecule has 5 heteroatoms. The molecular weight excluding hydrogens is 341 g/mol. The van der Waals surface area contributed by atoms with E-state index in [2.05, 4.69) is 22.5 Å². The van der Waals surface area contributed by atoms with Crippen LogP contribution in [0.5, 0.6) is 0 Å². The highest BCUT2D eigenvalue weighted by Gasteiger charge is 2.23. The molecule has 0 unspecified atom stereocenters. The van der Waals surface area contributed by atoms with Crippen LogP contribution in [0.3, 0.4) is 0 Å². The Balaban J connectivity index is 0.00000289. The maximum absolute atomic E-state index is 10.2. The predicted octanol–water partition coefficient (Wildman–Crippen LogP) is 2.12. The zero-order valence-electron chi connectivity index (χ0n) is 11.8. The van der Waals surface area contributed by atoms with Crippen molar-refractivity contribution in [3.8, 4) is 0 Å². The quantitative estimate of drug-likeness (QED) is 0.366. The summed E-state index contributed by atoms with van der Waals surface area (Å²) in [5, 5.41) is 16.7. The summed E-state index contributed by atoms with van der Waals surface area (Å²) in [6, 6.07) is 0. The normalized spacial score (nSPS) is 16.1. The molecule has 0 atom stereocenters. The lowest BCUT2D eigenvalue weighted by Crippen LogP contribution is -2.40. The molecular formula is C13H28IN3O. The number of hydrogen-bond acceptors (Lipinski definition) is 2. The van der Waals surface area contributed by atoms with Crippen molar-refractivity contribution in [3.63, 3.8) is 0 Å². The fourth-order valence-corrected chi connectivity index (χ4v) is 1.60. The number of guanidine groups is 1. The second-order valence-electron chi connectivity index (χ2n) is 4.95. The zero-order chi connectivity index (χ0) is 12.7. The molecule has 0 amide bonds. The summed E-state index contributed by atoms with van der Waals surface area (Å²) in [7, 11) is 0. The Bertz CT molecular complexity index is 251. The highest BCUT2D eigenvalue weighted by atomic mass is 127. The largest absolute Gasteiger partial charge is 0.388 e. The van der Waals surface area contributed by atoms with Gasteiger partial charge in [-0.05, 0) is 38.5 Å². The fourth-order valence-electron chi connectivity index (χ4n) is 1.60. The monoisotopic (exact) mass is 369 g/mol. The van der Waals surface area contributed by atoms with Crippen LogP contribution in [0.15, 0.2) is 4.99 Å². The van der Waals surface area contributed by atoms with E-state index in [-0.39, 0.29) is 24.0 Å². The van der Waals surface area contributed by atoms with Gasteiger partial charge in [-0.25, -0.2) is 0 Å². The third kappa shape index (κ3) is 6.78. The molecule has 1 fully saturated rings. The van der Waals surface area contributed by atoms with Crippen LogP contribution in [0, 0.1) is 5.92 Å². The molecule has 0 aromatic carbocycles. The van der Waals surface area contributed by atoms with Gasteiger partial charge in [-0.3, -0.25) is 4.99 Å². The number of aliphatic imine (C=N–C) groups is 1. The Hall–Kier alpha value is -0.0400. The van der Waals surface area contributed by atoms with Gasteiger partial charge in [0.05, 0.1) is 12.1 Å². The first-order valence-corrected chi connectivity index (χ1v) is 6.88. The molecule has 1 aliphatic rings. The molecule has 1 saturated carbocycles. The van der Waals surface area contributed by atoms with E-state index in [1.165, 1.54) is 12.8 Å². The number of nitrogens with one attached hydrogen (secondary N) is 2. The fraction of sp³-hybridized carbons (Fsp3) is 0.923. The molecule has 108 valence electrons.